The summed E-state index contributed by atoms with van der Waals surface area (Å²) in [7, 11) is -4.51. The number of nitrogens with zero attached hydrogens (tertiary/aromatic N) is 3. The first-order valence-electron chi connectivity index (χ1n) is 23.4. The van der Waals surface area contributed by atoms with Crippen LogP contribution in [0, 0.1) is 16.7 Å². The van der Waals surface area contributed by atoms with Gasteiger partial charge in [0.1, 0.15) is 65.5 Å². The highest BCUT2D eigenvalue weighted by molar-refractivity contribution is 7.49. The number of aromatic amines is 1. The lowest BCUT2D eigenvalue weighted by atomic mass is 9.97. The topological polar surface area (TPSA) is 206 Å². The van der Waals surface area contributed by atoms with Crippen LogP contribution in [0.1, 0.15) is 154 Å². The van der Waals surface area contributed by atoms with Crippen LogP contribution in [0.15, 0.2) is 59.7 Å². The molecule has 65 heavy (non-hydrogen) atoms. The fourth-order valence-corrected chi connectivity index (χ4v) is 9.60. The highest BCUT2D eigenvalue weighted by Crippen LogP contribution is 2.55. The molecule has 2 saturated heterocycles. The van der Waals surface area contributed by atoms with Gasteiger partial charge in [-0.2, -0.15) is 5.26 Å². The summed E-state index contributed by atoms with van der Waals surface area (Å²) in [6, 6.07) is 15.3. The number of H-pyrrole nitrogens is 1. The minimum absolute atomic E-state index is 0.0870. The van der Waals surface area contributed by atoms with E-state index in [9.17, 15) is 9.83 Å². The quantitative estimate of drug-likeness (QED) is 0.0231. The van der Waals surface area contributed by atoms with Crippen molar-refractivity contribution in [1.29, 1.82) is 10.7 Å². The van der Waals surface area contributed by atoms with Gasteiger partial charge in [0.2, 0.25) is 0 Å². The lowest BCUT2D eigenvalue weighted by Crippen LogP contribution is -2.44. The highest BCUT2D eigenvalue weighted by atomic mass is 35.5. The highest BCUT2D eigenvalue weighted by Gasteiger charge is 2.62. The number of nitrogens with one attached hydrogen (secondary N) is 2. The SMILES string of the molecule is CCCCCCCCCCCCCCCCCCOCC(COP(=O)(OC[C@@]1(C)O[C@@H](c2ccc(C(N)=NC=N)[nH]2)[C@@H]2OC(C)(C)O[C@@H]21)Oc1ccccc1Cl)Oc1ccc(C#N)nc1. The first-order chi connectivity index (χ1) is 31.4. The van der Waals surface area contributed by atoms with E-state index in [2.05, 4.69) is 21.9 Å². The van der Waals surface area contributed by atoms with Gasteiger partial charge in [0, 0.05) is 12.3 Å². The Labute approximate surface area is 390 Å². The molecule has 1 aromatic carbocycles. The van der Waals surface area contributed by atoms with Gasteiger partial charge < -0.3 is 38.9 Å². The number of phosphoric acid groups is 1. The van der Waals surface area contributed by atoms with Crippen LogP contribution in [0.4, 0.5) is 0 Å². The summed E-state index contributed by atoms with van der Waals surface area (Å²) in [5, 5.41) is 16.8. The van der Waals surface area contributed by atoms with Gasteiger partial charge in [0.25, 0.3) is 0 Å². The number of rotatable bonds is 32. The molecule has 2 unspecified atom stereocenters. The number of nitrogens with two attached hydrogens (primary N) is 1. The van der Waals surface area contributed by atoms with Gasteiger partial charge in [-0.3, -0.25) is 14.5 Å². The number of fused-ring (bicyclic) bond motifs is 1. The van der Waals surface area contributed by atoms with Crippen LogP contribution in [-0.4, -0.2) is 78.3 Å². The largest absolute Gasteiger partial charge is 0.530 e. The summed E-state index contributed by atoms with van der Waals surface area (Å²) in [6.45, 7) is 7.68. The molecule has 2 fully saturated rings. The van der Waals surface area contributed by atoms with Gasteiger partial charge in [0.05, 0.1) is 36.7 Å². The van der Waals surface area contributed by atoms with Crippen LogP contribution in [-0.2, 0) is 32.6 Å². The van der Waals surface area contributed by atoms with Crippen LogP contribution >= 0.6 is 19.4 Å². The Morgan fingerprint density at radius 1 is 0.923 bits per heavy atom. The molecule has 0 bridgehead atoms. The lowest BCUT2D eigenvalue weighted by Gasteiger charge is -2.32. The van der Waals surface area contributed by atoms with Crippen molar-refractivity contribution >= 4 is 31.6 Å². The number of pyridine rings is 1. The van der Waals surface area contributed by atoms with Crippen molar-refractivity contribution in [2.45, 2.75) is 166 Å². The molecule has 358 valence electrons. The summed E-state index contributed by atoms with van der Waals surface area (Å²) < 4.78 is 64.6. The number of unbranched alkanes of at least 4 members (excludes halogenated alkanes) is 15. The minimum Gasteiger partial charge on any atom is -0.484 e. The van der Waals surface area contributed by atoms with E-state index in [1.54, 1.807) is 69.3 Å². The number of amidine groups is 1. The van der Waals surface area contributed by atoms with E-state index < -0.39 is 43.6 Å². The fourth-order valence-electron chi connectivity index (χ4n) is 8.03. The van der Waals surface area contributed by atoms with Crippen molar-refractivity contribution in [3.63, 3.8) is 0 Å². The standard InChI is InChI=1S/C48H70ClN6O9P/c1-5-6-7-8-9-10-11-12-13-14-15-16-17-18-19-22-29-57-32-38(60-37-26-25-36(30-50)53-31-37)33-58-65(56,64-42-24-21-20-23-39(42)49)59-34-48(4)45-44(61-47(2,3)63-45)43(62-48)40-27-28-41(55-40)46(52)54-35-51/h20-21,23-28,31,35,38,43-45,55H,5-19,22,29,32-34H2,1-4H3,(H3,51,52,54)/t38?,43-,44-,45-,48+,65?/m0/s1. The molecule has 2 aliphatic rings. The molecule has 0 spiro atoms. The zero-order valence-electron chi connectivity index (χ0n) is 38.6. The number of nitriles is 1. The lowest BCUT2D eigenvalue weighted by molar-refractivity contribution is -0.212. The first-order valence-corrected chi connectivity index (χ1v) is 25.2. The van der Waals surface area contributed by atoms with E-state index in [0.29, 0.717) is 23.7 Å². The number of halogens is 1. The van der Waals surface area contributed by atoms with Gasteiger partial charge >= 0.3 is 7.82 Å². The third-order valence-corrected chi connectivity index (χ3v) is 13.1. The second-order valence-electron chi connectivity index (χ2n) is 17.5. The maximum atomic E-state index is 14.8. The van der Waals surface area contributed by atoms with Crippen LogP contribution in [0.5, 0.6) is 11.5 Å². The number of hydrogen-bond donors (Lipinski definition) is 3. The fraction of sp³-hybridized carbons (Fsp3) is 0.625. The zero-order valence-corrected chi connectivity index (χ0v) is 40.3. The molecule has 0 amide bonds. The molecule has 3 aromatic rings. The number of hydrogen-bond acceptors (Lipinski definition) is 12. The van der Waals surface area contributed by atoms with E-state index >= 15 is 0 Å². The summed E-state index contributed by atoms with van der Waals surface area (Å²) in [5.74, 6) is -0.382. The minimum atomic E-state index is -4.51. The Bertz CT molecular complexity index is 2010. The Hall–Kier alpha value is -3.84. The van der Waals surface area contributed by atoms with Crippen molar-refractivity contribution in [3.05, 3.63) is 76.8 Å². The number of benzene rings is 1. The number of phosphoric ester groups is 1. The van der Waals surface area contributed by atoms with Gasteiger partial charge in [0.15, 0.2) is 5.79 Å². The summed E-state index contributed by atoms with van der Waals surface area (Å²) in [4.78, 5) is 11.2. The molecule has 6 atom stereocenters. The summed E-state index contributed by atoms with van der Waals surface area (Å²) in [5.41, 5.74) is 6.17. The third-order valence-electron chi connectivity index (χ3n) is 11.5. The van der Waals surface area contributed by atoms with Gasteiger partial charge in [-0.25, -0.2) is 14.5 Å². The number of aliphatic imine (C=N–C) groups is 1. The second kappa shape index (κ2) is 26.5. The van der Waals surface area contributed by atoms with Crippen LogP contribution < -0.4 is 15.0 Å². The maximum Gasteiger partial charge on any atom is 0.530 e. The molecule has 4 heterocycles. The number of ether oxygens (including phenoxy) is 5. The van der Waals surface area contributed by atoms with Crippen molar-refractivity contribution < 1.29 is 41.8 Å². The van der Waals surface area contributed by atoms with Crippen LogP contribution in [0.25, 0.3) is 0 Å². The summed E-state index contributed by atoms with van der Waals surface area (Å²) >= 11 is 6.48. The zero-order chi connectivity index (χ0) is 46.5. The predicted octanol–water partition coefficient (Wildman–Crippen LogP) is 11.5. The molecule has 5 rings (SSSR count). The average molecular weight is 942 g/mol. The van der Waals surface area contributed by atoms with E-state index in [4.69, 9.17) is 60.0 Å². The molecule has 0 aliphatic carbocycles. The molecule has 0 saturated carbocycles. The predicted molar refractivity (Wildman–Crippen MR) is 252 cm³/mol. The molecular weight excluding hydrogens is 871 g/mol. The van der Waals surface area contributed by atoms with Crippen LogP contribution in [0.3, 0.4) is 0 Å². The Kier molecular flexibility index (Phi) is 21.2. The monoisotopic (exact) mass is 940 g/mol. The molecule has 2 aliphatic heterocycles. The Balaban J connectivity index is 1.17. The van der Waals surface area contributed by atoms with Gasteiger partial charge in [-0.05, 0) is 63.6 Å². The smallest absolute Gasteiger partial charge is 0.484 e. The van der Waals surface area contributed by atoms with Crippen molar-refractivity contribution in [2.24, 2.45) is 10.7 Å². The normalized spacial score (nSPS) is 21.7. The molecular formula is C48H70ClN6O9P. The molecule has 4 N–H and O–H groups in total. The second-order valence-corrected chi connectivity index (χ2v) is 19.5. The molecule has 15 nitrogen and oxygen atoms in total. The summed E-state index contributed by atoms with van der Waals surface area (Å²) in [6.07, 6.45) is 20.1. The Morgan fingerprint density at radius 3 is 2.20 bits per heavy atom. The van der Waals surface area contributed by atoms with E-state index in [1.807, 2.05) is 6.07 Å². The Morgan fingerprint density at radius 2 is 1.58 bits per heavy atom. The van der Waals surface area contributed by atoms with Crippen molar-refractivity contribution in [3.8, 4) is 17.6 Å². The maximum absolute atomic E-state index is 14.8. The van der Waals surface area contributed by atoms with E-state index in [0.717, 1.165) is 25.6 Å². The van der Waals surface area contributed by atoms with Crippen LogP contribution in [0.2, 0.25) is 5.02 Å². The average Bonchev–Trinajstić information content (AvgIpc) is 3.98. The first kappa shape index (κ1) is 52.1. The number of aromatic nitrogens is 2. The van der Waals surface area contributed by atoms with Gasteiger partial charge in [-0.15, -0.1) is 0 Å². The molecule has 0 radical (unpaired) electrons. The van der Waals surface area contributed by atoms with E-state index in [1.165, 1.54) is 89.7 Å². The molecule has 2 aromatic heterocycles. The van der Waals surface area contributed by atoms with Crippen molar-refractivity contribution in [1.82, 2.24) is 9.97 Å². The van der Waals surface area contributed by atoms with Gasteiger partial charge in [-0.1, -0.05) is 127 Å². The number of para-hydroxylation sites is 1. The molecule has 17 heteroatoms. The van der Waals surface area contributed by atoms with Crippen molar-refractivity contribution in [2.75, 3.05) is 26.4 Å². The third kappa shape index (κ3) is 16.8. The van der Waals surface area contributed by atoms with E-state index in [-0.39, 0.29) is 42.1 Å².